The Bertz CT molecular complexity index is 1770. The van der Waals surface area contributed by atoms with E-state index in [-0.39, 0.29) is 29.4 Å². The molecule has 0 bridgehead atoms. The topological polar surface area (TPSA) is 125 Å². The van der Waals surface area contributed by atoms with E-state index in [0.717, 1.165) is 14.2 Å². The molecule has 1 fully saturated rings. The molecule has 1 N–H and O–H groups in total. The van der Waals surface area contributed by atoms with Gasteiger partial charge in [-0.2, -0.15) is 13.7 Å². The van der Waals surface area contributed by atoms with Crippen molar-refractivity contribution in [2.75, 3.05) is 19.6 Å². The van der Waals surface area contributed by atoms with Crippen molar-refractivity contribution in [3.8, 4) is 5.75 Å². The van der Waals surface area contributed by atoms with Crippen LogP contribution >= 0.6 is 0 Å². The second-order valence-electron chi connectivity index (χ2n) is 9.70. The Kier molecular flexibility index (Phi) is 9.31. The van der Waals surface area contributed by atoms with Crippen LogP contribution in [0.25, 0.3) is 0 Å². The fourth-order valence-corrected chi connectivity index (χ4v) is 7.62. The van der Waals surface area contributed by atoms with Crippen LogP contribution in [-0.2, 0) is 31.4 Å². The number of benzene rings is 4. The molecule has 0 radical (unpaired) electrons. The summed E-state index contributed by atoms with van der Waals surface area (Å²) < 4.78 is 61.6. The first-order chi connectivity index (χ1) is 20.7. The molecule has 1 heterocycles. The van der Waals surface area contributed by atoms with E-state index in [4.69, 9.17) is 4.74 Å². The summed E-state index contributed by atoms with van der Waals surface area (Å²) in [6.07, 6.45) is 1.41. The quantitative estimate of drug-likeness (QED) is 0.214. The number of piperazine rings is 1. The first-order valence-electron chi connectivity index (χ1n) is 13.5. The lowest BCUT2D eigenvalue weighted by atomic mass is 10.2. The smallest absolute Gasteiger partial charge is 0.259 e. The van der Waals surface area contributed by atoms with Crippen LogP contribution in [0.1, 0.15) is 11.1 Å². The molecule has 0 unspecified atom stereocenters. The number of carbonyl (C=O) groups excluding carboxylic acids is 1. The van der Waals surface area contributed by atoms with Crippen molar-refractivity contribution in [1.29, 1.82) is 0 Å². The molecule has 1 saturated heterocycles. The minimum Gasteiger partial charge on any atom is -0.489 e. The highest BCUT2D eigenvalue weighted by Crippen LogP contribution is 2.25. The molecule has 5 rings (SSSR count). The Morgan fingerprint density at radius 3 is 1.93 bits per heavy atom. The van der Waals surface area contributed by atoms with Crippen LogP contribution in [0.5, 0.6) is 5.75 Å². The maximum atomic E-state index is 13.5. The van der Waals surface area contributed by atoms with Gasteiger partial charge in [0.15, 0.2) is 0 Å². The average Bonchev–Trinajstić information content (AvgIpc) is 3.05. The molecule has 43 heavy (non-hydrogen) atoms. The molecule has 12 heteroatoms. The number of rotatable bonds is 10. The van der Waals surface area contributed by atoms with Crippen molar-refractivity contribution >= 4 is 32.2 Å². The number of nitrogens with one attached hydrogen (secondary N) is 1. The summed E-state index contributed by atoms with van der Waals surface area (Å²) in [6.45, 7) is -0.284. The van der Waals surface area contributed by atoms with Crippen molar-refractivity contribution in [3.63, 3.8) is 0 Å². The van der Waals surface area contributed by atoms with E-state index < -0.39 is 32.0 Å². The molecular formula is C31H30N4O6S2. The number of ether oxygens (including phenoxy) is 1. The third-order valence-electron chi connectivity index (χ3n) is 6.84. The Balaban J connectivity index is 1.31. The van der Waals surface area contributed by atoms with Crippen molar-refractivity contribution < 1.29 is 26.4 Å². The van der Waals surface area contributed by atoms with Crippen molar-refractivity contribution in [2.45, 2.75) is 22.4 Å². The Morgan fingerprint density at radius 2 is 1.33 bits per heavy atom. The normalized spacial score (nSPS) is 16.6. The summed E-state index contributed by atoms with van der Waals surface area (Å²) in [5.74, 6) is -0.0970. The third kappa shape index (κ3) is 7.17. The molecule has 1 atom stereocenters. The second-order valence-corrected chi connectivity index (χ2v) is 13.5. The van der Waals surface area contributed by atoms with Crippen molar-refractivity contribution in [3.05, 3.63) is 126 Å². The largest absolute Gasteiger partial charge is 0.489 e. The van der Waals surface area contributed by atoms with Crippen LogP contribution in [0.2, 0.25) is 0 Å². The van der Waals surface area contributed by atoms with E-state index in [1.807, 2.05) is 30.3 Å². The number of amides is 1. The molecular weight excluding hydrogens is 588 g/mol. The molecule has 4 aromatic rings. The number of carbonyl (C=O) groups is 1. The summed E-state index contributed by atoms with van der Waals surface area (Å²) in [7, 11) is -8.08. The minimum absolute atomic E-state index is 0.00485. The van der Waals surface area contributed by atoms with Gasteiger partial charge in [-0.15, -0.1) is 0 Å². The fourth-order valence-electron chi connectivity index (χ4n) is 4.57. The standard InChI is InChI=1S/C31H30N4O6S2/c36-31(33-32-22-25-16-18-27(19-17-25)41-24-26-10-4-1-5-11-26)30-23-34(42(37,38)28-12-6-2-7-13-28)20-21-35(30)43(39,40)29-14-8-3-9-15-29/h1-19,22,30H,20-21,23-24H2,(H,33,36)/b32-22-/t30-/m0/s1. The number of hydrogen-bond acceptors (Lipinski definition) is 7. The lowest BCUT2D eigenvalue weighted by Gasteiger charge is -2.38. The van der Waals surface area contributed by atoms with Gasteiger partial charge in [-0.3, -0.25) is 4.79 Å². The van der Waals surface area contributed by atoms with E-state index in [1.165, 1.54) is 30.5 Å². The van der Waals surface area contributed by atoms with Gasteiger partial charge in [-0.05, 0) is 59.7 Å². The van der Waals surface area contributed by atoms with Gasteiger partial charge in [0, 0.05) is 19.6 Å². The van der Waals surface area contributed by atoms with Gasteiger partial charge in [0.1, 0.15) is 18.4 Å². The van der Waals surface area contributed by atoms with Crippen LogP contribution in [0.4, 0.5) is 0 Å². The van der Waals surface area contributed by atoms with Crippen molar-refractivity contribution in [1.82, 2.24) is 14.0 Å². The molecule has 222 valence electrons. The molecule has 10 nitrogen and oxygen atoms in total. The average molecular weight is 619 g/mol. The fraction of sp³-hybridized carbons (Fsp3) is 0.161. The summed E-state index contributed by atoms with van der Waals surface area (Å²) in [5.41, 5.74) is 4.10. The molecule has 1 amide bonds. The molecule has 4 aromatic carbocycles. The molecule has 0 aromatic heterocycles. The SMILES string of the molecule is O=C(N/N=C\c1ccc(OCc2ccccc2)cc1)[C@@H]1CN(S(=O)(=O)c2ccccc2)CCN1S(=O)(=O)c1ccccc1. The predicted octanol–water partition coefficient (Wildman–Crippen LogP) is 3.48. The Morgan fingerprint density at radius 1 is 0.767 bits per heavy atom. The van der Waals surface area contributed by atoms with Crippen LogP contribution in [0.3, 0.4) is 0 Å². The van der Waals surface area contributed by atoms with Gasteiger partial charge >= 0.3 is 0 Å². The molecule has 1 aliphatic heterocycles. The highest BCUT2D eigenvalue weighted by molar-refractivity contribution is 7.89. The summed E-state index contributed by atoms with van der Waals surface area (Å²) in [6, 6.07) is 31.0. The third-order valence-corrected chi connectivity index (χ3v) is 10.6. The van der Waals surface area contributed by atoms with Crippen LogP contribution in [-0.4, -0.2) is 63.2 Å². The molecule has 0 saturated carbocycles. The van der Waals surface area contributed by atoms with Gasteiger partial charge in [0.25, 0.3) is 5.91 Å². The second kappa shape index (κ2) is 13.3. The number of hydrogen-bond donors (Lipinski definition) is 1. The number of sulfonamides is 2. The van der Waals surface area contributed by atoms with Crippen LogP contribution in [0, 0.1) is 0 Å². The summed E-state index contributed by atoms with van der Waals surface area (Å²) in [5, 5.41) is 4.02. The van der Waals surface area contributed by atoms with Crippen molar-refractivity contribution in [2.24, 2.45) is 5.10 Å². The zero-order valence-corrected chi connectivity index (χ0v) is 24.7. The summed E-state index contributed by atoms with van der Waals surface area (Å²) >= 11 is 0. The first kappa shape index (κ1) is 30.1. The highest BCUT2D eigenvalue weighted by Gasteiger charge is 2.43. The highest BCUT2D eigenvalue weighted by atomic mass is 32.2. The van der Waals surface area contributed by atoms with E-state index in [9.17, 15) is 21.6 Å². The Labute approximate surface area is 251 Å². The molecule has 0 aliphatic carbocycles. The maximum absolute atomic E-state index is 13.5. The van der Waals surface area contributed by atoms with Gasteiger partial charge < -0.3 is 4.74 Å². The monoisotopic (exact) mass is 618 g/mol. The number of hydrazone groups is 1. The van der Waals surface area contributed by atoms with Gasteiger partial charge in [0.05, 0.1) is 16.0 Å². The van der Waals surface area contributed by atoms with Crippen LogP contribution < -0.4 is 10.2 Å². The van der Waals surface area contributed by atoms with Gasteiger partial charge in [-0.1, -0.05) is 66.7 Å². The summed E-state index contributed by atoms with van der Waals surface area (Å²) in [4.78, 5) is 13.5. The molecule has 1 aliphatic rings. The predicted molar refractivity (Wildman–Crippen MR) is 162 cm³/mol. The van der Waals surface area contributed by atoms with Crippen LogP contribution in [0.15, 0.2) is 130 Å². The van der Waals surface area contributed by atoms with Gasteiger partial charge in [-0.25, -0.2) is 22.3 Å². The lowest BCUT2D eigenvalue weighted by Crippen LogP contribution is -2.60. The maximum Gasteiger partial charge on any atom is 0.259 e. The number of nitrogens with zero attached hydrogens (tertiary/aromatic N) is 3. The lowest BCUT2D eigenvalue weighted by molar-refractivity contribution is -0.125. The van der Waals surface area contributed by atoms with E-state index in [1.54, 1.807) is 60.7 Å². The Hall–Kier alpha value is -4.36. The zero-order chi connectivity index (χ0) is 30.3. The first-order valence-corrected chi connectivity index (χ1v) is 16.3. The van der Waals surface area contributed by atoms with Gasteiger partial charge in [0.2, 0.25) is 20.0 Å². The van der Waals surface area contributed by atoms with E-state index in [2.05, 4.69) is 10.5 Å². The minimum atomic E-state index is -4.11. The zero-order valence-electron chi connectivity index (χ0n) is 23.1. The molecule has 0 spiro atoms. The van der Waals surface area contributed by atoms with E-state index >= 15 is 0 Å². The van der Waals surface area contributed by atoms with E-state index in [0.29, 0.717) is 17.9 Å².